The van der Waals surface area contributed by atoms with Crippen molar-refractivity contribution in [2.45, 2.75) is 103 Å². The van der Waals surface area contributed by atoms with Gasteiger partial charge >= 0.3 is 22.4 Å². The van der Waals surface area contributed by atoms with E-state index in [0.29, 0.717) is 87.3 Å². The molecule has 0 bridgehead atoms. The van der Waals surface area contributed by atoms with E-state index in [0.717, 1.165) is 44.0 Å². The quantitative estimate of drug-likeness (QED) is 0.0246. The number of carbonyl (C=O) groups excluding carboxylic acids is 5. The average Bonchev–Trinajstić information content (AvgIpc) is 4.05. The average molecular weight is 1200 g/mol. The Morgan fingerprint density at radius 1 is 0.831 bits per heavy atom. The van der Waals surface area contributed by atoms with Crippen LogP contribution in [0.3, 0.4) is 0 Å². The van der Waals surface area contributed by atoms with Crippen molar-refractivity contribution in [3.8, 4) is 17.6 Å². The molecule has 0 saturated carbocycles. The smallest absolute Gasteiger partial charge is 0.488 e. The second kappa shape index (κ2) is 39.5. The van der Waals surface area contributed by atoms with Crippen LogP contribution in [0.2, 0.25) is 0 Å². The Bertz CT molecular complexity index is 2670. The van der Waals surface area contributed by atoms with Crippen LogP contribution >= 0.6 is 0 Å². The van der Waals surface area contributed by atoms with E-state index in [2.05, 4.69) is 37.4 Å². The standard InChI is InChI=1S/C51H71F3N10O11S.C3H6O2.CH4O/c1-3-5-8-21-63(36-48(68)69)25-23-61(26-27-65)22-24-62(20-4-2)35-46(66)58-16-6-7-17-59-50(71)45(30-38-11-9-12-41(29-38)75-76(54,72)73)56-18-10-28-74-40-13-14-44-43(31-40)42(15-19-57-44)49(70)60-34-47(67)64-37-51(52,53)32-39(64)33-55;1-2-3(4)5;1-2/h9,11-15,19,27,29,31,39,45,56H,3-8,10,16-18,20-26,28,30,32,34-37H2,1-2H3,(H,58,66)(H,59,71)(H,60,70)(H,68,69);2H2,1H3,(H,4,5);2H,1H3. The molecule has 0 radical (unpaired) electrons. The number of alkyl halides is 2. The van der Waals surface area contributed by atoms with Crippen LogP contribution < -0.4 is 30.2 Å². The molecule has 1 aliphatic heterocycles. The Morgan fingerprint density at radius 3 is 2.13 bits per heavy atom. The van der Waals surface area contributed by atoms with Gasteiger partial charge in [0.1, 0.15) is 23.8 Å². The molecule has 3 aromatic rings. The molecule has 1 saturated heterocycles. The maximum Gasteiger partial charge on any atom is 0.488 e. The molecule has 4 amide bonds. The predicted octanol–water partition coefficient (Wildman–Crippen LogP) is 3.18. The fraction of sp³-hybridized carbons (Fsp3) is 0.582. The number of likely N-dealkylation sites (tertiary alicyclic amines) is 1. The zero-order chi connectivity index (χ0) is 61.8. The number of carboxylic acids is 2. The molecule has 7 N–H and O–H groups in total. The SMILES string of the molecule is CCC(=O)O.CCCCCN(CCN(CC=O)CCN(CCC)CC(=O)NCCCCNC(=O)C(Cc1cccc(OS(=O)(=O)F)c1)NCCCOc1ccc2nccc(C(=O)NCC(=O)N3CC(F)(F)CC3C#N)c2c1)CC(=O)O.CO. The molecule has 2 heterocycles. The molecule has 2 unspecified atom stereocenters. The number of fused-ring (bicyclic) bond motifs is 1. The minimum Gasteiger partial charge on any atom is -0.494 e. The number of pyridine rings is 1. The minimum atomic E-state index is -5.30. The number of nitrogens with one attached hydrogen (secondary N) is 4. The molecule has 1 fully saturated rings. The molecule has 0 aliphatic carbocycles. The lowest BCUT2D eigenvalue weighted by Crippen LogP contribution is -2.46. The first-order valence-electron chi connectivity index (χ1n) is 27.5. The van der Waals surface area contributed by atoms with Crippen molar-refractivity contribution in [2.24, 2.45) is 0 Å². The number of carbonyl (C=O) groups is 7. The monoisotopic (exact) mass is 1190 g/mol. The summed E-state index contributed by atoms with van der Waals surface area (Å²) >= 11 is 0. The number of aliphatic hydroxyl groups is 1. The zero-order valence-electron chi connectivity index (χ0n) is 47.7. The first-order valence-corrected chi connectivity index (χ1v) is 28.8. The minimum absolute atomic E-state index is 0.0627. The maximum atomic E-state index is 13.9. The molecule has 28 heteroatoms. The van der Waals surface area contributed by atoms with E-state index in [1.54, 1.807) is 37.3 Å². The van der Waals surface area contributed by atoms with Crippen LogP contribution in [0.25, 0.3) is 10.9 Å². The Morgan fingerprint density at radius 2 is 1.51 bits per heavy atom. The molecule has 0 spiro atoms. The summed E-state index contributed by atoms with van der Waals surface area (Å²) in [6, 6.07) is 11.5. The van der Waals surface area contributed by atoms with Gasteiger partial charge in [-0.1, -0.05) is 49.6 Å². The number of unbranched alkanes of at least 4 members (excludes halogenated alkanes) is 3. The number of aromatic nitrogens is 1. The summed E-state index contributed by atoms with van der Waals surface area (Å²) < 4.78 is 73.8. The van der Waals surface area contributed by atoms with E-state index < -0.39 is 71.8 Å². The largest absolute Gasteiger partial charge is 0.494 e. The number of ether oxygens (including phenoxy) is 1. The molecule has 462 valence electrons. The van der Waals surface area contributed by atoms with Gasteiger partial charge in [-0.2, -0.15) is 13.7 Å². The van der Waals surface area contributed by atoms with Crippen molar-refractivity contribution in [1.29, 1.82) is 5.26 Å². The third-order valence-corrected chi connectivity index (χ3v) is 13.0. The van der Waals surface area contributed by atoms with Gasteiger partial charge in [-0.05, 0) is 100 Å². The number of nitriles is 1. The van der Waals surface area contributed by atoms with Crippen LogP contribution in [-0.2, 0) is 45.7 Å². The van der Waals surface area contributed by atoms with Gasteiger partial charge in [0.25, 0.3) is 11.8 Å². The summed E-state index contributed by atoms with van der Waals surface area (Å²) in [5.41, 5.74) is 1.05. The lowest BCUT2D eigenvalue weighted by atomic mass is 10.0. The van der Waals surface area contributed by atoms with Gasteiger partial charge in [0.15, 0.2) is 0 Å². The number of aliphatic hydroxyl groups excluding tert-OH is 1. The number of amides is 4. The van der Waals surface area contributed by atoms with Crippen molar-refractivity contribution in [3.05, 3.63) is 65.9 Å². The molecule has 1 aliphatic rings. The molecule has 2 aromatic carbocycles. The van der Waals surface area contributed by atoms with Gasteiger partial charge in [-0.25, -0.2) is 8.78 Å². The molecule has 1 aromatic heterocycles. The lowest BCUT2D eigenvalue weighted by Gasteiger charge is -2.28. The number of carboxylic acid groups (broad SMARTS) is 2. The van der Waals surface area contributed by atoms with Crippen LogP contribution in [0.1, 0.15) is 94.5 Å². The number of hydrogen-bond donors (Lipinski definition) is 7. The van der Waals surface area contributed by atoms with Crippen LogP contribution in [-0.4, -0.2) is 214 Å². The second-order valence-corrected chi connectivity index (χ2v) is 20.2. The summed E-state index contributed by atoms with van der Waals surface area (Å²) in [6.45, 7) is 8.87. The fourth-order valence-corrected chi connectivity index (χ4v) is 8.83. The van der Waals surface area contributed by atoms with Gasteiger partial charge in [-0.3, -0.25) is 48.5 Å². The van der Waals surface area contributed by atoms with E-state index in [1.165, 1.54) is 30.5 Å². The third-order valence-electron chi connectivity index (χ3n) is 12.6. The van der Waals surface area contributed by atoms with Gasteiger partial charge in [0.2, 0.25) is 17.7 Å². The van der Waals surface area contributed by atoms with E-state index in [-0.39, 0.29) is 75.3 Å². The maximum absolute atomic E-state index is 13.9. The molecule has 24 nitrogen and oxygen atoms in total. The molecule has 2 atom stereocenters. The predicted molar refractivity (Wildman–Crippen MR) is 302 cm³/mol. The first-order chi connectivity index (χ1) is 39.6. The van der Waals surface area contributed by atoms with Crippen LogP contribution in [0.5, 0.6) is 11.5 Å². The Balaban J connectivity index is 0.00000318. The highest BCUT2D eigenvalue weighted by atomic mass is 32.3. The summed E-state index contributed by atoms with van der Waals surface area (Å²) in [6.07, 6.45) is 6.89. The highest BCUT2D eigenvalue weighted by Crippen LogP contribution is 2.32. The Labute approximate surface area is 483 Å². The third kappa shape index (κ3) is 29.7. The summed E-state index contributed by atoms with van der Waals surface area (Å²) in [4.78, 5) is 95.6. The van der Waals surface area contributed by atoms with E-state index in [9.17, 15) is 65.0 Å². The summed E-state index contributed by atoms with van der Waals surface area (Å²) in [5.74, 6) is -6.80. The summed E-state index contributed by atoms with van der Waals surface area (Å²) in [5, 5.41) is 45.2. The van der Waals surface area contributed by atoms with Gasteiger partial charge in [-0.15, -0.1) is 0 Å². The Kier molecular flexibility index (Phi) is 34.3. The van der Waals surface area contributed by atoms with Gasteiger partial charge in [0, 0.05) is 70.8 Å². The van der Waals surface area contributed by atoms with Crippen molar-refractivity contribution in [1.82, 2.24) is 45.9 Å². The summed E-state index contributed by atoms with van der Waals surface area (Å²) in [7, 11) is -4.30. The number of aldehydes is 1. The highest BCUT2D eigenvalue weighted by molar-refractivity contribution is 7.81. The van der Waals surface area contributed by atoms with Crippen molar-refractivity contribution < 1.29 is 78.9 Å². The van der Waals surface area contributed by atoms with E-state index in [1.807, 2.05) is 21.6 Å². The van der Waals surface area contributed by atoms with Crippen LogP contribution in [0.4, 0.5) is 12.7 Å². The number of nitrogens with zero attached hydrogens (tertiary/aromatic N) is 6. The number of rotatable bonds is 38. The van der Waals surface area contributed by atoms with Gasteiger partial charge < -0.3 is 55.2 Å². The van der Waals surface area contributed by atoms with E-state index >= 15 is 0 Å². The lowest BCUT2D eigenvalue weighted by molar-refractivity contribution is -0.138. The van der Waals surface area contributed by atoms with Crippen molar-refractivity contribution >= 4 is 63.3 Å². The number of aliphatic carboxylic acids is 2. The number of halogens is 3. The molecular weight excluding hydrogens is 1110 g/mol. The normalized spacial score (nSPS) is 13.9. The Hall–Kier alpha value is -7.03. The molecule has 4 rings (SSSR count). The topological polar surface area (TPSA) is 331 Å². The highest BCUT2D eigenvalue weighted by Gasteiger charge is 2.47. The zero-order valence-corrected chi connectivity index (χ0v) is 48.5. The number of benzene rings is 2. The molecule has 83 heavy (non-hydrogen) atoms. The van der Waals surface area contributed by atoms with Crippen molar-refractivity contribution in [3.63, 3.8) is 0 Å². The molecular formula is C55H81F3N10O14S. The fourth-order valence-electron chi connectivity index (χ4n) is 8.50. The van der Waals surface area contributed by atoms with Gasteiger partial charge in [0.05, 0.1) is 62.5 Å². The second-order valence-electron chi connectivity index (χ2n) is 19.2. The first kappa shape index (κ1) is 72.1. The van der Waals surface area contributed by atoms with Crippen LogP contribution in [0.15, 0.2) is 54.7 Å². The van der Waals surface area contributed by atoms with Crippen LogP contribution in [0, 0.1) is 11.3 Å². The van der Waals surface area contributed by atoms with Crippen molar-refractivity contribution in [2.75, 3.05) is 105 Å². The number of hydrogen-bond acceptors (Lipinski definition) is 18. The van der Waals surface area contributed by atoms with E-state index in [4.69, 9.17) is 14.9 Å².